The minimum absolute atomic E-state index is 0.0270. The van der Waals surface area contributed by atoms with E-state index < -0.39 is 0 Å². The van der Waals surface area contributed by atoms with Gasteiger partial charge in [-0.2, -0.15) is 0 Å². The Balaban J connectivity index is 1.44. The average molecular weight is 522 g/mol. The minimum Gasteiger partial charge on any atom is -0.352 e. The van der Waals surface area contributed by atoms with Crippen LogP contribution in [0, 0.1) is 12.8 Å². The molecule has 0 unspecified atom stereocenters. The summed E-state index contributed by atoms with van der Waals surface area (Å²) >= 11 is 6.15. The molecular formula is C28H32ClN5O3. The SMILES string of the molecule is CNCc1ccc(Cl)cc1CNC(=O)Cc1c(C)ccn(CCN(C(=O)C2CC2)c2cccnc2)c1=O. The average Bonchev–Trinajstić information content (AvgIpc) is 3.74. The Morgan fingerprint density at radius 2 is 1.97 bits per heavy atom. The van der Waals surface area contributed by atoms with E-state index in [1.807, 2.05) is 44.3 Å². The fourth-order valence-electron chi connectivity index (χ4n) is 4.28. The van der Waals surface area contributed by atoms with Crippen LogP contribution in [0.15, 0.2) is 59.8 Å². The molecule has 0 saturated heterocycles. The molecule has 1 aliphatic carbocycles. The Labute approximate surface area is 221 Å². The zero-order chi connectivity index (χ0) is 26.4. The van der Waals surface area contributed by atoms with Crippen molar-refractivity contribution in [1.82, 2.24) is 20.2 Å². The predicted octanol–water partition coefficient (Wildman–Crippen LogP) is 3.23. The molecule has 1 aliphatic rings. The highest BCUT2D eigenvalue weighted by Gasteiger charge is 2.34. The molecule has 0 aliphatic heterocycles. The summed E-state index contributed by atoms with van der Waals surface area (Å²) in [5, 5.41) is 6.63. The van der Waals surface area contributed by atoms with E-state index in [2.05, 4.69) is 15.6 Å². The van der Waals surface area contributed by atoms with E-state index in [4.69, 9.17) is 11.6 Å². The normalized spacial score (nSPS) is 12.8. The topological polar surface area (TPSA) is 96.3 Å². The molecule has 1 saturated carbocycles. The molecule has 0 radical (unpaired) electrons. The van der Waals surface area contributed by atoms with Gasteiger partial charge in [-0.05, 0) is 73.8 Å². The Morgan fingerprint density at radius 1 is 1.16 bits per heavy atom. The molecule has 2 aromatic heterocycles. The second kappa shape index (κ2) is 12.2. The summed E-state index contributed by atoms with van der Waals surface area (Å²) in [6.45, 7) is 3.47. The molecule has 0 atom stereocenters. The van der Waals surface area contributed by atoms with Crippen molar-refractivity contribution in [3.8, 4) is 0 Å². The Bertz CT molecular complexity index is 1320. The molecule has 0 spiro atoms. The number of pyridine rings is 2. The highest BCUT2D eigenvalue weighted by atomic mass is 35.5. The van der Waals surface area contributed by atoms with Gasteiger partial charge < -0.3 is 20.1 Å². The zero-order valence-electron chi connectivity index (χ0n) is 21.2. The molecular weight excluding hydrogens is 490 g/mol. The van der Waals surface area contributed by atoms with Crippen molar-refractivity contribution in [3.63, 3.8) is 0 Å². The van der Waals surface area contributed by atoms with Gasteiger partial charge in [0.2, 0.25) is 11.8 Å². The van der Waals surface area contributed by atoms with Crippen LogP contribution in [-0.4, -0.2) is 35.0 Å². The Morgan fingerprint density at radius 3 is 2.68 bits per heavy atom. The first-order valence-corrected chi connectivity index (χ1v) is 12.8. The number of carbonyl (C=O) groups excluding carboxylic acids is 2. The number of aromatic nitrogens is 2. The lowest BCUT2D eigenvalue weighted by Crippen LogP contribution is -2.38. The molecule has 0 bridgehead atoms. The second-order valence-corrected chi connectivity index (χ2v) is 9.78. The van der Waals surface area contributed by atoms with Gasteiger partial charge in [0.05, 0.1) is 18.3 Å². The summed E-state index contributed by atoms with van der Waals surface area (Å²) in [5.74, 6) is -0.136. The van der Waals surface area contributed by atoms with Crippen molar-refractivity contribution < 1.29 is 9.59 Å². The number of aryl methyl sites for hydroxylation is 1. The summed E-state index contributed by atoms with van der Waals surface area (Å²) in [6.07, 6.45) is 6.81. The van der Waals surface area contributed by atoms with Crippen molar-refractivity contribution in [1.29, 1.82) is 0 Å². The highest BCUT2D eigenvalue weighted by molar-refractivity contribution is 6.30. The van der Waals surface area contributed by atoms with Crippen LogP contribution in [0.2, 0.25) is 5.02 Å². The van der Waals surface area contributed by atoms with Gasteiger partial charge in [-0.25, -0.2) is 0 Å². The molecule has 1 fully saturated rings. The van der Waals surface area contributed by atoms with Crippen molar-refractivity contribution in [3.05, 3.63) is 92.6 Å². The maximum absolute atomic E-state index is 13.3. The van der Waals surface area contributed by atoms with Crippen LogP contribution in [0.1, 0.15) is 35.1 Å². The maximum atomic E-state index is 13.3. The van der Waals surface area contributed by atoms with Gasteiger partial charge in [-0.3, -0.25) is 19.4 Å². The first-order valence-electron chi connectivity index (χ1n) is 12.5. The van der Waals surface area contributed by atoms with Gasteiger partial charge in [0, 0.05) is 55.1 Å². The first kappa shape index (κ1) is 26.6. The fraction of sp³-hybridized carbons (Fsp3) is 0.357. The molecule has 194 valence electrons. The quantitative estimate of drug-likeness (QED) is 0.404. The van der Waals surface area contributed by atoms with Crippen LogP contribution in [0.4, 0.5) is 5.69 Å². The molecule has 37 heavy (non-hydrogen) atoms. The highest BCUT2D eigenvalue weighted by Crippen LogP contribution is 2.32. The van der Waals surface area contributed by atoms with Crippen LogP contribution >= 0.6 is 11.6 Å². The van der Waals surface area contributed by atoms with Crippen LogP contribution in [0.25, 0.3) is 0 Å². The van der Waals surface area contributed by atoms with Crippen LogP contribution in [0.3, 0.4) is 0 Å². The standard InChI is InChI=1S/C28H32ClN5O3/c1-19-9-11-33(12-13-34(27(36)20-5-6-20)24-4-3-10-31-18-24)28(37)25(19)15-26(35)32-17-22-14-23(29)8-7-21(22)16-30-2/h3-4,7-11,14,18,20,30H,5-6,12-13,15-17H2,1-2H3,(H,32,35). The number of halogens is 1. The van der Waals surface area contributed by atoms with E-state index in [9.17, 15) is 14.4 Å². The third kappa shape index (κ3) is 6.84. The number of nitrogens with one attached hydrogen (secondary N) is 2. The Hall–Kier alpha value is -3.49. The summed E-state index contributed by atoms with van der Waals surface area (Å²) in [5.41, 5.74) is 3.67. The predicted molar refractivity (Wildman–Crippen MR) is 145 cm³/mol. The number of nitrogens with zero attached hydrogens (tertiary/aromatic N) is 3. The van der Waals surface area contributed by atoms with E-state index in [-0.39, 0.29) is 29.7 Å². The van der Waals surface area contributed by atoms with E-state index in [1.165, 1.54) is 0 Å². The van der Waals surface area contributed by atoms with Crippen LogP contribution in [-0.2, 0) is 35.6 Å². The van der Waals surface area contributed by atoms with Crippen molar-refractivity contribution >= 4 is 29.1 Å². The number of anilines is 1. The number of amides is 2. The van der Waals surface area contributed by atoms with Gasteiger partial charge in [0.1, 0.15) is 0 Å². The fourth-order valence-corrected chi connectivity index (χ4v) is 4.48. The monoisotopic (exact) mass is 521 g/mol. The summed E-state index contributed by atoms with van der Waals surface area (Å²) in [4.78, 5) is 44.8. The second-order valence-electron chi connectivity index (χ2n) is 9.35. The van der Waals surface area contributed by atoms with E-state index in [0.29, 0.717) is 36.8 Å². The lowest BCUT2D eigenvalue weighted by atomic mass is 10.1. The third-order valence-corrected chi connectivity index (χ3v) is 6.80. The van der Waals surface area contributed by atoms with E-state index in [1.54, 1.807) is 34.1 Å². The number of hydrogen-bond acceptors (Lipinski definition) is 5. The van der Waals surface area contributed by atoms with Gasteiger partial charge in [0.25, 0.3) is 5.56 Å². The van der Waals surface area contributed by atoms with Crippen LogP contribution < -0.4 is 21.1 Å². The molecule has 2 N–H and O–H groups in total. The molecule has 8 nitrogen and oxygen atoms in total. The lowest BCUT2D eigenvalue weighted by molar-refractivity contribution is -0.121. The van der Waals surface area contributed by atoms with Crippen molar-refractivity contribution in [2.75, 3.05) is 18.5 Å². The largest absolute Gasteiger partial charge is 0.352 e. The third-order valence-electron chi connectivity index (χ3n) is 6.56. The molecule has 1 aromatic carbocycles. The van der Waals surface area contributed by atoms with Gasteiger partial charge >= 0.3 is 0 Å². The number of benzene rings is 1. The van der Waals surface area contributed by atoms with E-state index in [0.717, 1.165) is 35.2 Å². The van der Waals surface area contributed by atoms with Crippen LogP contribution in [0.5, 0.6) is 0 Å². The molecule has 9 heteroatoms. The smallest absolute Gasteiger partial charge is 0.254 e. The summed E-state index contributed by atoms with van der Waals surface area (Å²) in [7, 11) is 1.86. The maximum Gasteiger partial charge on any atom is 0.254 e. The van der Waals surface area contributed by atoms with Crippen molar-refractivity contribution in [2.45, 2.75) is 45.8 Å². The molecule has 2 amide bonds. The van der Waals surface area contributed by atoms with Gasteiger partial charge in [-0.15, -0.1) is 0 Å². The number of hydrogen-bond donors (Lipinski definition) is 2. The minimum atomic E-state index is -0.241. The summed E-state index contributed by atoms with van der Waals surface area (Å²) in [6, 6.07) is 11.1. The first-order chi connectivity index (χ1) is 17.9. The number of rotatable bonds is 11. The van der Waals surface area contributed by atoms with Crippen molar-refractivity contribution in [2.24, 2.45) is 5.92 Å². The zero-order valence-corrected chi connectivity index (χ0v) is 21.9. The van der Waals surface area contributed by atoms with Gasteiger partial charge in [-0.1, -0.05) is 17.7 Å². The van der Waals surface area contributed by atoms with Gasteiger partial charge in [0.15, 0.2) is 0 Å². The number of carbonyl (C=O) groups is 2. The molecule has 4 rings (SSSR count). The van der Waals surface area contributed by atoms with E-state index >= 15 is 0 Å². The summed E-state index contributed by atoms with van der Waals surface area (Å²) < 4.78 is 1.57. The Kier molecular flexibility index (Phi) is 8.74. The molecule has 3 aromatic rings. The molecule has 2 heterocycles. The lowest BCUT2D eigenvalue weighted by Gasteiger charge is -2.23.